The van der Waals surface area contributed by atoms with Crippen LogP contribution in [0.2, 0.25) is 0 Å². The number of hydrogen-bond donors (Lipinski definition) is 2. The number of hydrazine groups is 1. The molecule has 0 spiro atoms. The summed E-state index contributed by atoms with van der Waals surface area (Å²) in [6.07, 6.45) is 7.26. The summed E-state index contributed by atoms with van der Waals surface area (Å²) in [6.45, 7) is 3.10. The van der Waals surface area contributed by atoms with Crippen molar-refractivity contribution < 1.29 is 14.3 Å². The van der Waals surface area contributed by atoms with Crippen LogP contribution in [0.25, 0.3) is 0 Å². The van der Waals surface area contributed by atoms with Crippen molar-refractivity contribution in [2.75, 3.05) is 24.7 Å². The molecule has 0 unspecified atom stereocenters. The van der Waals surface area contributed by atoms with Gasteiger partial charge in [-0.2, -0.15) is 0 Å². The maximum absolute atomic E-state index is 12.3. The van der Waals surface area contributed by atoms with Crippen LogP contribution in [0.4, 0.5) is 5.69 Å². The van der Waals surface area contributed by atoms with E-state index in [0.29, 0.717) is 24.9 Å². The van der Waals surface area contributed by atoms with E-state index in [1.807, 2.05) is 31.2 Å². The van der Waals surface area contributed by atoms with E-state index in [4.69, 9.17) is 4.74 Å². The number of aryl methyl sites for hydroxylation is 1. The lowest BCUT2D eigenvalue weighted by Gasteiger charge is -2.27. The minimum Gasteiger partial charge on any atom is -0.378 e. The number of aliphatic imine (C=N–C) groups is 1. The number of amidine groups is 1. The van der Waals surface area contributed by atoms with Gasteiger partial charge in [0, 0.05) is 13.2 Å². The Hall–Kier alpha value is -2.41. The summed E-state index contributed by atoms with van der Waals surface area (Å²) in [4.78, 5) is 28.5. The Labute approximate surface area is 160 Å². The molecule has 3 rings (SSSR count). The van der Waals surface area contributed by atoms with Crippen molar-refractivity contribution >= 4 is 23.3 Å². The van der Waals surface area contributed by atoms with Crippen molar-refractivity contribution in [3.05, 3.63) is 29.8 Å². The van der Waals surface area contributed by atoms with Crippen LogP contribution < -0.4 is 15.8 Å². The molecular formula is C20H28N4O3. The van der Waals surface area contributed by atoms with E-state index >= 15 is 0 Å². The molecule has 0 saturated heterocycles. The zero-order valence-electron chi connectivity index (χ0n) is 15.9. The number of nitrogens with one attached hydrogen (secondary N) is 2. The Morgan fingerprint density at radius 1 is 1.26 bits per heavy atom. The molecule has 1 aliphatic carbocycles. The van der Waals surface area contributed by atoms with Crippen molar-refractivity contribution in [2.45, 2.75) is 51.6 Å². The summed E-state index contributed by atoms with van der Waals surface area (Å²) in [5.74, 6) is -0.350. The molecule has 0 atom stereocenters. The monoisotopic (exact) mass is 372 g/mol. The Bertz CT molecular complexity index is 681. The van der Waals surface area contributed by atoms with Crippen LogP contribution in [-0.2, 0) is 14.3 Å². The fourth-order valence-corrected chi connectivity index (χ4v) is 3.29. The summed E-state index contributed by atoms with van der Waals surface area (Å²) in [5, 5.41) is 4.20. The van der Waals surface area contributed by atoms with Gasteiger partial charge in [-0.05, 0) is 38.3 Å². The van der Waals surface area contributed by atoms with Gasteiger partial charge in [0.05, 0.1) is 11.8 Å². The topological polar surface area (TPSA) is 83.0 Å². The average molecular weight is 372 g/mol. The minimum atomic E-state index is -0.308. The molecule has 0 radical (unpaired) electrons. The maximum Gasteiger partial charge on any atom is 0.288 e. The molecule has 1 aromatic carbocycles. The minimum absolute atomic E-state index is 0.0472. The lowest BCUT2D eigenvalue weighted by Crippen LogP contribution is -2.55. The van der Waals surface area contributed by atoms with Crippen LogP contribution in [0.1, 0.15) is 44.1 Å². The van der Waals surface area contributed by atoms with Crippen LogP contribution in [0, 0.1) is 6.92 Å². The molecule has 2 amide bonds. The van der Waals surface area contributed by atoms with Crippen LogP contribution >= 0.6 is 0 Å². The number of benzene rings is 1. The van der Waals surface area contributed by atoms with Gasteiger partial charge in [-0.1, -0.05) is 37.0 Å². The number of hydrogen-bond acceptors (Lipinski definition) is 5. The van der Waals surface area contributed by atoms with Gasteiger partial charge in [-0.3, -0.25) is 20.0 Å². The number of amides is 2. The third-order valence-electron chi connectivity index (χ3n) is 4.86. The van der Waals surface area contributed by atoms with Crippen LogP contribution in [-0.4, -0.2) is 43.5 Å². The van der Waals surface area contributed by atoms with Crippen molar-refractivity contribution in [2.24, 2.45) is 4.99 Å². The number of anilines is 1. The summed E-state index contributed by atoms with van der Waals surface area (Å²) in [6, 6.07) is 7.51. The molecule has 1 aliphatic heterocycles. The van der Waals surface area contributed by atoms with Crippen molar-refractivity contribution in [1.82, 2.24) is 10.7 Å². The van der Waals surface area contributed by atoms with Gasteiger partial charge >= 0.3 is 0 Å². The van der Waals surface area contributed by atoms with Crippen molar-refractivity contribution in [3.63, 3.8) is 0 Å². The molecule has 7 nitrogen and oxygen atoms in total. The molecule has 1 fully saturated rings. The first-order chi connectivity index (χ1) is 13.1. The third-order valence-corrected chi connectivity index (χ3v) is 4.86. The van der Waals surface area contributed by atoms with E-state index in [9.17, 15) is 9.59 Å². The van der Waals surface area contributed by atoms with Gasteiger partial charge in [0.15, 0.2) is 0 Å². The van der Waals surface area contributed by atoms with Gasteiger partial charge in [0.1, 0.15) is 6.54 Å². The molecule has 1 aromatic rings. The fourth-order valence-electron chi connectivity index (χ4n) is 3.29. The summed E-state index contributed by atoms with van der Waals surface area (Å²) in [5.41, 5.74) is 4.61. The smallest absolute Gasteiger partial charge is 0.288 e. The van der Waals surface area contributed by atoms with E-state index in [1.165, 1.54) is 24.3 Å². The highest BCUT2D eigenvalue weighted by Crippen LogP contribution is 2.20. The maximum atomic E-state index is 12.3. The van der Waals surface area contributed by atoms with E-state index in [1.54, 1.807) is 0 Å². The highest BCUT2D eigenvalue weighted by atomic mass is 16.5. The van der Waals surface area contributed by atoms with Gasteiger partial charge in [0.25, 0.3) is 11.8 Å². The van der Waals surface area contributed by atoms with Crippen molar-refractivity contribution in [1.29, 1.82) is 0 Å². The molecular weight excluding hydrogens is 344 g/mol. The first kappa shape index (κ1) is 19.4. The van der Waals surface area contributed by atoms with Crippen LogP contribution in [0.15, 0.2) is 29.3 Å². The molecule has 27 heavy (non-hydrogen) atoms. The highest BCUT2D eigenvalue weighted by Gasteiger charge is 2.25. The summed E-state index contributed by atoms with van der Waals surface area (Å²) < 4.78 is 5.86. The lowest BCUT2D eigenvalue weighted by atomic mass is 9.98. The van der Waals surface area contributed by atoms with Gasteiger partial charge in [-0.15, -0.1) is 0 Å². The molecule has 2 aliphatic rings. The standard InChI is InChI=1S/C20H28N4O3/c1-15-8-10-16(11-9-15)24-18(25)14-22-19(23-24)20(26)21-12-5-13-27-17-6-3-2-4-7-17/h8-11,17H,2-7,12-14H2,1H3,(H,21,26)(H,22,23). The normalized spacial score (nSPS) is 18.0. The SMILES string of the molecule is Cc1ccc(N2NC(C(=O)NCCCOC3CCCCC3)=NCC2=O)cc1. The highest BCUT2D eigenvalue weighted by molar-refractivity contribution is 6.39. The Kier molecular flexibility index (Phi) is 6.81. The quantitative estimate of drug-likeness (QED) is 0.718. The first-order valence-corrected chi connectivity index (χ1v) is 9.74. The second kappa shape index (κ2) is 9.50. The van der Waals surface area contributed by atoms with Gasteiger partial charge < -0.3 is 10.1 Å². The Balaban J connectivity index is 1.42. The summed E-state index contributed by atoms with van der Waals surface area (Å²) >= 11 is 0. The second-order valence-corrected chi connectivity index (χ2v) is 7.08. The van der Waals surface area contributed by atoms with E-state index in [-0.39, 0.29) is 24.2 Å². The predicted octanol–water partition coefficient (Wildman–Crippen LogP) is 2.10. The second-order valence-electron chi connectivity index (χ2n) is 7.08. The summed E-state index contributed by atoms with van der Waals surface area (Å²) in [7, 11) is 0. The molecule has 7 heteroatoms. The predicted molar refractivity (Wildman–Crippen MR) is 105 cm³/mol. The average Bonchev–Trinajstić information content (AvgIpc) is 2.69. The Morgan fingerprint density at radius 3 is 2.74 bits per heavy atom. The van der Waals surface area contributed by atoms with Crippen LogP contribution in [0.3, 0.4) is 0 Å². The van der Waals surface area contributed by atoms with E-state index in [2.05, 4.69) is 15.7 Å². The van der Waals surface area contributed by atoms with Gasteiger partial charge in [-0.25, -0.2) is 5.01 Å². The van der Waals surface area contributed by atoms with E-state index < -0.39 is 0 Å². The fraction of sp³-hybridized carbons (Fsp3) is 0.550. The zero-order valence-corrected chi connectivity index (χ0v) is 15.9. The number of ether oxygens (including phenoxy) is 1. The number of carbonyl (C=O) groups excluding carboxylic acids is 2. The third kappa shape index (κ3) is 5.53. The lowest BCUT2D eigenvalue weighted by molar-refractivity contribution is -0.118. The number of nitrogens with zero attached hydrogens (tertiary/aromatic N) is 2. The number of carbonyl (C=O) groups is 2. The molecule has 1 saturated carbocycles. The van der Waals surface area contributed by atoms with Gasteiger partial charge in [0.2, 0.25) is 5.84 Å². The first-order valence-electron chi connectivity index (χ1n) is 9.74. The molecule has 146 valence electrons. The molecule has 0 bridgehead atoms. The molecule has 0 aromatic heterocycles. The molecule has 1 heterocycles. The zero-order chi connectivity index (χ0) is 19.1. The molecule has 2 N–H and O–H groups in total. The number of rotatable bonds is 7. The Morgan fingerprint density at radius 2 is 2.00 bits per heavy atom. The van der Waals surface area contributed by atoms with Crippen LogP contribution in [0.5, 0.6) is 0 Å². The largest absolute Gasteiger partial charge is 0.378 e. The van der Waals surface area contributed by atoms with Crippen molar-refractivity contribution in [3.8, 4) is 0 Å². The van der Waals surface area contributed by atoms with E-state index in [0.717, 1.165) is 24.8 Å².